The number of hydrogen-bond donors (Lipinski definition) is 2. The topological polar surface area (TPSA) is 88.0 Å². The molecule has 0 radical (unpaired) electrons. The number of benzene rings is 3. The molecule has 1 aliphatic heterocycles. The number of ether oxygens (including phenoxy) is 1. The lowest BCUT2D eigenvalue weighted by molar-refractivity contribution is 0.414. The number of hydrogen-bond acceptors (Lipinski definition) is 7. The molecule has 3 aromatic rings. The van der Waals surface area contributed by atoms with Crippen LogP contribution in [0.4, 0.5) is 5.69 Å². The highest BCUT2D eigenvalue weighted by molar-refractivity contribution is 8.39. The fourth-order valence-electron chi connectivity index (χ4n) is 2.93. The molecule has 0 aliphatic carbocycles. The molecule has 3 aromatic carbocycles. The molecular weight excluding hydrogens is 428 g/mol. The molecule has 6 nitrogen and oxygen atoms in total. The molecule has 0 aromatic heterocycles. The number of aromatic hydroxyl groups is 1. The zero-order valence-electron chi connectivity index (χ0n) is 15.5. The Labute approximate surface area is 177 Å². The number of thioether (sulfide) groups is 2. The minimum Gasteiger partial charge on any atom is -0.506 e. The van der Waals surface area contributed by atoms with Crippen LogP contribution < -0.4 is 9.46 Å². The van der Waals surface area contributed by atoms with Crippen molar-refractivity contribution in [2.24, 2.45) is 4.99 Å². The number of fused-ring (bicyclic) bond motifs is 1. The quantitative estimate of drug-likeness (QED) is 0.559. The van der Waals surface area contributed by atoms with Crippen molar-refractivity contribution in [3.8, 4) is 11.5 Å². The second-order valence-corrected chi connectivity index (χ2v) is 10.3. The number of nitrogens with one attached hydrogen (secondary N) is 1. The van der Waals surface area contributed by atoms with Crippen LogP contribution in [0.5, 0.6) is 11.5 Å². The summed E-state index contributed by atoms with van der Waals surface area (Å²) in [6.07, 6.45) is 0. The van der Waals surface area contributed by atoms with Crippen LogP contribution in [0.3, 0.4) is 0 Å². The van der Waals surface area contributed by atoms with Crippen molar-refractivity contribution in [3.63, 3.8) is 0 Å². The number of sulfonamides is 1. The lowest BCUT2D eigenvalue weighted by Crippen LogP contribution is -2.13. The largest absolute Gasteiger partial charge is 0.506 e. The average molecular weight is 447 g/mol. The Hall–Kier alpha value is -2.36. The molecule has 4 rings (SSSR count). The van der Waals surface area contributed by atoms with Crippen LogP contribution in [0, 0.1) is 0 Å². The Kier molecular flexibility index (Phi) is 5.62. The normalized spacial score (nSPS) is 14.0. The number of methoxy groups -OCH3 is 1. The molecule has 9 heteroatoms. The van der Waals surface area contributed by atoms with Gasteiger partial charge in [0, 0.05) is 16.5 Å². The van der Waals surface area contributed by atoms with E-state index in [2.05, 4.69) is 9.71 Å². The van der Waals surface area contributed by atoms with E-state index in [0.29, 0.717) is 27.1 Å². The molecule has 0 amide bonds. The van der Waals surface area contributed by atoms with Gasteiger partial charge in [0.1, 0.15) is 15.9 Å². The van der Waals surface area contributed by atoms with Gasteiger partial charge in [0.15, 0.2) is 0 Å². The van der Waals surface area contributed by atoms with Crippen LogP contribution in [0.25, 0.3) is 10.8 Å². The lowest BCUT2D eigenvalue weighted by atomic mass is 10.1. The maximum absolute atomic E-state index is 12.9. The van der Waals surface area contributed by atoms with Crippen LogP contribution in [-0.2, 0) is 10.0 Å². The summed E-state index contributed by atoms with van der Waals surface area (Å²) < 4.78 is 34.5. The van der Waals surface area contributed by atoms with E-state index in [4.69, 9.17) is 4.74 Å². The van der Waals surface area contributed by atoms with Crippen molar-refractivity contribution in [1.29, 1.82) is 0 Å². The minimum atomic E-state index is -3.82. The molecular formula is C20H18N2O4S3. The predicted molar refractivity (Wildman–Crippen MR) is 120 cm³/mol. The molecule has 0 bridgehead atoms. The molecule has 0 spiro atoms. The van der Waals surface area contributed by atoms with Gasteiger partial charge < -0.3 is 9.84 Å². The van der Waals surface area contributed by atoms with Gasteiger partial charge in [-0.25, -0.2) is 8.42 Å². The Morgan fingerprint density at radius 2 is 1.86 bits per heavy atom. The zero-order valence-corrected chi connectivity index (χ0v) is 17.9. The standard InChI is InChI=1S/C20H18N2O4S3/c1-26-13-6-8-14(9-7-13)29(24,25)22-17-12-18(28-20-21-10-11-27-20)19(23)16-5-3-2-4-15(16)17/h2-9,12,22-23H,10-11H2,1H3. The molecule has 0 fully saturated rings. The highest BCUT2D eigenvalue weighted by Gasteiger charge is 2.20. The number of rotatable bonds is 5. The molecule has 2 N–H and O–H groups in total. The van der Waals surface area contributed by atoms with Gasteiger partial charge in [-0.3, -0.25) is 9.71 Å². The van der Waals surface area contributed by atoms with Gasteiger partial charge in [-0.2, -0.15) is 0 Å². The first-order valence-electron chi connectivity index (χ1n) is 8.74. The summed E-state index contributed by atoms with van der Waals surface area (Å²) >= 11 is 2.97. The van der Waals surface area contributed by atoms with E-state index in [1.54, 1.807) is 54.2 Å². The molecule has 0 unspecified atom stereocenters. The second-order valence-electron chi connectivity index (χ2n) is 6.20. The number of nitrogens with zero attached hydrogens (tertiary/aromatic N) is 1. The third-order valence-electron chi connectivity index (χ3n) is 4.35. The van der Waals surface area contributed by atoms with E-state index in [0.717, 1.165) is 16.7 Å². The maximum atomic E-state index is 12.9. The zero-order chi connectivity index (χ0) is 20.4. The van der Waals surface area contributed by atoms with E-state index in [1.165, 1.54) is 31.0 Å². The van der Waals surface area contributed by atoms with Gasteiger partial charge in [-0.05, 0) is 30.3 Å². The third kappa shape index (κ3) is 4.17. The summed E-state index contributed by atoms with van der Waals surface area (Å²) in [7, 11) is -2.29. The van der Waals surface area contributed by atoms with Crippen molar-refractivity contribution >= 4 is 54.4 Å². The summed E-state index contributed by atoms with van der Waals surface area (Å²) in [6.45, 7) is 0.748. The fraction of sp³-hybridized carbons (Fsp3) is 0.150. The van der Waals surface area contributed by atoms with Gasteiger partial charge in [-0.15, -0.1) is 0 Å². The van der Waals surface area contributed by atoms with Crippen LogP contribution in [0.1, 0.15) is 0 Å². The number of phenols is 1. The van der Waals surface area contributed by atoms with Gasteiger partial charge in [-0.1, -0.05) is 47.8 Å². The fourth-order valence-corrected chi connectivity index (χ4v) is 6.02. The Morgan fingerprint density at radius 1 is 1.14 bits per heavy atom. The van der Waals surface area contributed by atoms with Gasteiger partial charge in [0.05, 0.1) is 29.1 Å². The monoisotopic (exact) mass is 446 g/mol. The Bertz CT molecular complexity index is 1190. The predicted octanol–water partition coefficient (Wildman–Crippen LogP) is 4.55. The van der Waals surface area contributed by atoms with E-state index in [1.807, 2.05) is 0 Å². The van der Waals surface area contributed by atoms with Crippen LogP contribution in [-0.4, -0.2) is 37.3 Å². The van der Waals surface area contributed by atoms with E-state index < -0.39 is 10.0 Å². The van der Waals surface area contributed by atoms with Gasteiger partial charge in [0.25, 0.3) is 10.0 Å². The molecule has 0 atom stereocenters. The van der Waals surface area contributed by atoms with Crippen LogP contribution in [0.2, 0.25) is 0 Å². The molecule has 0 saturated carbocycles. The maximum Gasteiger partial charge on any atom is 0.261 e. The highest BCUT2D eigenvalue weighted by atomic mass is 32.2. The summed E-state index contributed by atoms with van der Waals surface area (Å²) in [5, 5.41) is 11.9. The Balaban J connectivity index is 1.76. The Morgan fingerprint density at radius 3 is 2.52 bits per heavy atom. The third-order valence-corrected chi connectivity index (χ3v) is 7.93. The SMILES string of the molecule is COc1ccc(S(=O)(=O)Nc2cc(SC3=NCCS3)c(O)c3ccccc23)cc1. The number of anilines is 1. The molecule has 1 aliphatic rings. The first-order chi connectivity index (χ1) is 14.0. The second kappa shape index (κ2) is 8.17. The van der Waals surface area contributed by atoms with E-state index in [-0.39, 0.29) is 10.6 Å². The molecule has 1 heterocycles. The molecule has 0 saturated heterocycles. The van der Waals surface area contributed by atoms with Crippen molar-refractivity contribution in [1.82, 2.24) is 0 Å². The number of phenolic OH excluding ortho intramolecular Hbond substituents is 1. The highest BCUT2D eigenvalue weighted by Crippen LogP contribution is 2.42. The molecule has 29 heavy (non-hydrogen) atoms. The van der Waals surface area contributed by atoms with Crippen molar-refractivity contribution < 1.29 is 18.3 Å². The van der Waals surface area contributed by atoms with Crippen molar-refractivity contribution in [2.75, 3.05) is 24.1 Å². The first-order valence-corrected chi connectivity index (χ1v) is 12.0. The molecule has 150 valence electrons. The summed E-state index contributed by atoms with van der Waals surface area (Å²) in [4.78, 5) is 5.09. The average Bonchev–Trinajstić information content (AvgIpc) is 3.24. The van der Waals surface area contributed by atoms with E-state index >= 15 is 0 Å². The summed E-state index contributed by atoms with van der Waals surface area (Å²) in [5.41, 5.74) is 0.403. The number of aliphatic imine (C=N–C) groups is 1. The van der Waals surface area contributed by atoms with Crippen molar-refractivity contribution in [3.05, 3.63) is 54.6 Å². The van der Waals surface area contributed by atoms with Crippen LogP contribution in [0.15, 0.2) is 69.4 Å². The van der Waals surface area contributed by atoms with Gasteiger partial charge >= 0.3 is 0 Å². The van der Waals surface area contributed by atoms with Crippen LogP contribution >= 0.6 is 23.5 Å². The summed E-state index contributed by atoms with van der Waals surface area (Å²) in [6, 6.07) is 15.0. The lowest BCUT2D eigenvalue weighted by Gasteiger charge is -2.15. The summed E-state index contributed by atoms with van der Waals surface area (Å²) in [5.74, 6) is 1.61. The first kappa shape index (κ1) is 19.9. The van der Waals surface area contributed by atoms with Crippen molar-refractivity contribution in [2.45, 2.75) is 9.79 Å². The van der Waals surface area contributed by atoms with E-state index in [9.17, 15) is 13.5 Å². The van der Waals surface area contributed by atoms with Gasteiger partial charge in [0.2, 0.25) is 0 Å². The minimum absolute atomic E-state index is 0.119. The smallest absolute Gasteiger partial charge is 0.261 e.